The average molecular weight is 236 g/mol. The first-order chi connectivity index (χ1) is 8.90. The van der Waals surface area contributed by atoms with E-state index in [1.165, 1.54) is 34.8 Å². The predicted molar refractivity (Wildman–Crippen MR) is 74.3 cm³/mol. The lowest BCUT2D eigenvalue weighted by atomic mass is 9.93. The van der Waals surface area contributed by atoms with Crippen LogP contribution in [-0.4, -0.2) is 17.1 Å². The number of nitrogens with zero attached hydrogens (tertiary/aromatic N) is 1. The second-order valence-electron chi connectivity index (χ2n) is 5.35. The van der Waals surface area contributed by atoms with Crippen molar-refractivity contribution in [3.05, 3.63) is 48.3 Å². The molecule has 1 N–H and O–H groups in total. The highest BCUT2D eigenvalue weighted by molar-refractivity contribution is 5.93. The number of benzene rings is 1. The van der Waals surface area contributed by atoms with Crippen LogP contribution in [0.3, 0.4) is 0 Å². The van der Waals surface area contributed by atoms with E-state index in [-0.39, 0.29) is 0 Å². The van der Waals surface area contributed by atoms with Crippen LogP contribution in [-0.2, 0) is 0 Å². The van der Waals surface area contributed by atoms with Crippen LogP contribution in [0.25, 0.3) is 16.3 Å². The summed E-state index contributed by atoms with van der Waals surface area (Å²) < 4.78 is 0. The highest BCUT2D eigenvalue weighted by Gasteiger charge is 2.28. The van der Waals surface area contributed by atoms with Crippen LogP contribution in [0.15, 0.2) is 42.7 Å². The quantitative estimate of drug-likeness (QED) is 0.822. The molecular weight excluding hydrogens is 220 g/mol. The first-order valence-electron chi connectivity index (χ1n) is 6.70. The molecule has 2 unspecified atom stereocenters. The van der Waals surface area contributed by atoms with Crippen molar-refractivity contribution < 1.29 is 0 Å². The maximum absolute atomic E-state index is 4.21. The highest BCUT2D eigenvalue weighted by atomic mass is 15.0. The Balaban J connectivity index is 1.88. The number of fused-ring (bicyclic) bond motifs is 3. The van der Waals surface area contributed by atoms with Crippen molar-refractivity contribution in [2.24, 2.45) is 0 Å². The van der Waals surface area contributed by atoms with Crippen molar-refractivity contribution in [3.63, 3.8) is 0 Å². The van der Waals surface area contributed by atoms with Gasteiger partial charge in [-0.2, -0.15) is 0 Å². The average Bonchev–Trinajstić information content (AvgIpc) is 2.77. The molecule has 2 aliphatic heterocycles. The van der Waals surface area contributed by atoms with Crippen LogP contribution in [0.5, 0.6) is 0 Å². The van der Waals surface area contributed by atoms with Crippen molar-refractivity contribution in [3.8, 4) is 0 Å². The maximum atomic E-state index is 4.21. The van der Waals surface area contributed by atoms with Gasteiger partial charge in [-0.3, -0.25) is 4.98 Å². The molecule has 0 saturated carbocycles. The van der Waals surface area contributed by atoms with Gasteiger partial charge in [0.1, 0.15) is 0 Å². The summed E-state index contributed by atoms with van der Waals surface area (Å²) in [6.45, 7) is 0. The predicted octanol–water partition coefficient (Wildman–Crippen LogP) is 3.14. The largest absolute Gasteiger partial charge is 0.307 e. The molecule has 0 amide bonds. The smallest absolute Gasteiger partial charge is 0.0346 e. The SMILES string of the molecule is C1=C(c2cccc3cnccc23)CC2CCC1N2. The Morgan fingerprint density at radius 1 is 1.17 bits per heavy atom. The maximum Gasteiger partial charge on any atom is 0.0346 e. The van der Waals surface area contributed by atoms with Gasteiger partial charge >= 0.3 is 0 Å². The molecule has 2 aromatic rings. The van der Waals surface area contributed by atoms with Crippen LogP contribution in [0, 0.1) is 0 Å². The molecule has 2 heteroatoms. The summed E-state index contributed by atoms with van der Waals surface area (Å²) in [5.41, 5.74) is 2.91. The fraction of sp³-hybridized carbons (Fsp3) is 0.312. The van der Waals surface area contributed by atoms with E-state index in [4.69, 9.17) is 0 Å². The number of hydrogen-bond acceptors (Lipinski definition) is 2. The molecule has 4 rings (SSSR count). The first-order valence-corrected chi connectivity index (χ1v) is 6.70. The molecule has 2 atom stereocenters. The molecule has 0 spiro atoms. The summed E-state index contributed by atoms with van der Waals surface area (Å²) >= 11 is 0. The van der Waals surface area contributed by atoms with Crippen LogP contribution >= 0.6 is 0 Å². The van der Waals surface area contributed by atoms with Gasteiger partial charge < -0.3 is 5.32 Å². The van der Waals surface area contributed by atoms with Gasteiger partial charge in [0.25, 0.3) is 0 Å². The van der Waals surface area contributed by atoms with Gasteiger partial charge in [0.15, 0.2) is 0 Å². The minimum absolute atomic E-state index is 0.593. The van der Waals surface area contributed by atoms with Gasteiger partial charge in [0, 0.05) is 29.9 Å². The van der Waals surface area contributed by atoms with E-state index in [1.54, 1.807) is 0 Å². The van der Waals surface area contributed by atoms with E-state index in [2.05, 4.69) is 40.6 Å². The van der Waals surface area contributed by atoms with Gasteiger partial charge in [0.2, 0.25) is 0 Å². The number of nitrogens with one attached hydrogen (secondary N) is 1. The lowest BCUT2D eigenvalue weighted by Gasteiger charge is -2.22. The third-order valence-corrected chi connectivity index (χ3v) is 4.17. The van der Waals surface area contributed by atoms with E-state index < -0.39 is 0 Å². The molecule has 0 radical (unpaired) electrons. The van der Waals surface area contributed by atoms with Gasteiger partial charge in [-0.25, -0.2) is 0 Å². The molecule has 2 bridgehead atoms. The van der Waals surface area contributed by atoms with E-state index in [1.807, 2.05) is 12.4 Å². The van der Waals surface area contributed by atoms with E-state index in [0.717, 1.165) is 6.42 Å². The van der Waals surface area contributed by atoms with Crippen LogP contribution in [0.4, 0.5) is 0 Å². The van der Waals surface area contributed by atoms with E-state index in [9.17, 15) is 0 Å². The topological polar surface area (TPSA) is 24.9 Å². The zero-order valence-corrected chi connectivity index (χ0v) is 10.3. The Labute approximate surface area is 107 Å². The molecule has 0 aliphatic carbocycles. The summed E-state index contributed by atoms with van der Waals surface area (Å²) in [6, 6.07) is 9.95. The minimum atomic E-state index is 0.593. The summed E-state index contributed by atoms with van der Waals surface area (Å²) in [5, 5.41) is 6.22. The molecule has 18 heavy (non-hydrogen) atoms. The van der Waals surface area contributed by atoms with Crippen molar-refractivity contribution in [1.82, 2.24) is 10.3 Å². The van der Waals surface area contributed by atoms with Crippen molar-refractivity contribution in [2.45, 2.75) is 31.3 Å². The van der Waals surface area contributed by atoms with Crippen LogP contribution in [0.2, 0.25) is 0 Å². The summed E-state index contributed by atoms with van der Waals surface area (Å²) in [4.78, 5) is 4.21. The van der Waals surface area contributed by atoms with Gasteiger partial charge in [-0.15, -0.1) is 0 Å². The van der Waals surface area contributed by atoms with E-state index in [0.29, 0.717) is 12.1 Å². The summed E-state index contributed by atoms with van der Waals surface area (Å²) in [5.74, 6) is 0. The number of aromatic nitrogens is 1. The second kappa shape index (κ2) is 3.92. The molecule has 2 nitrogen and oxygen atoms in total. The Morgan fingerprint density at radius 2 is 2.17 bits per heavy atom. The molecule has 3 heterocycles. The lowest BCUT2D eigenvalue weighted by Crippen LogP contribution is -2.31. The fourth-order valence-corrected chi connectivity index (χ4v) is 3.32. The standard InChI is InChI=1S/C16H16N2/c1-2-11-10-17-7-6-16(11)15(3-1)12-8-13-4-5-14(9-12)18-13/h1-3,6-8,10,13-14,18H,4-5,9H2. The molecular formula is C16H16N2. The van der Waals surface area contributed by atoms with Crippen molar-refractivity contribution in [1.29, 1.82) is 0 Å². The Morgan fingerprint density at radius 3 is 3.11 bits per heavy atom. The zero-order chi connectivity index (χ0) is 11.9. The molecule has 1 fully saturated rings. The molecule has 90 valence electrons. The third kappa shape index (κ3) is 1.57. The monoisotopic (exact) mass is 236 g/mol. The highest BCUT2D eigenvalue weighted by Crippen LogP contribution is 2.34. The molecule has 1 saturated heterocycles. The Bertz CT molecular complexity index is 625. The normalized spacial score (nSPS) is 26.3. The van der Waals surface area contributed by atoms with Gasteiger partial charge in [-0.1, -0.05) is 24.3 Å². The summed E-state index contributed by atoms with van der Waals surface area (Å²) in [7, 11) is 0. The fourth-order valence-electron chi connectivity index (χ4n) is 3.32. The Hall–Kier alpha value is -1.67. The van der Waals surface area contributed by atoms with Crippen molar-refractivity contribution in [2.75, 3.05) is 0 Å². The molecule has 1 aromatic carbocycles. The van der Waals surface area contributed by atoms with Crippen LogP contribution < -0.4 is 5.32 Å². The van der Waals surface area contributed by atoms with Gasteiger partial charge in [-0.05, 0) is 41.9 Å². The third-order valence-electron chi connectivity index (χ3n) is 4.17. The van der Waals surface area contributed by atoms with E-state index >= 15 is 0 Å². The zero-order valence-electron chi connectivity index (χ0n) is 10.3. The number of hydrogen-bond donors (Lipinski definition) is 1. The van der Waals surface area contributed by atoms with Crippen LogP contribution in [0.1, 0.15) is 24.8 Å². The first kappa shape index (κ1) is 10.3. The van der Waals surface area contributed by atoms with Gasteiger partial charge in [0.05, 0.1) is 0 Å². The summed E-state index contributed by atoms with van der Waals surface area (Å²) in [6.07, 6.45) is 10.0. The number of pyridine rings is 1. The van der Waals surface area contributed by atoms with Crippen molar-refractivity contribution >= 4 is 16.3 Å². The minimum Gasteiger partial charge on any atom is -0.307 e. The number of rotatable bonds is 1. The molecule has 2 aliphatic rings. The Kier molecular flexibility index (Phi) is 2.24. The second-order valence-corrected chi connectivity index (χ2v) is 5.35. The lowest BCUT2D eigenvalue weighted by molar-refractivity contribution is 0.575. The molecule has 1 aromatic heterocycles.